The van der Waals surface area contributed by atoms with Crippen molar-refractivity contribution in [1.82, 2.24) is 24.4 Å². The van der Waals surface area contributed by atoms with E-state index in [4.69, 9.17) is 19.4 Å². The molecule has 2 atom stereocenters. The lowest BCUT2D eigenvalue weighted by atomic mass is 9.96. The number of imidazole rings is 1. The number of carbonyl (C=O) groups excluding carboxylic acids is 2. The van der Waals surface area contributed by atoms with Crippen molar-refractivity contribution in [3.63, 3.8) is 0 Å². The number of fused-ring (bicyclic) bond motifs is 2. The van der Waals surface area contributed by atoms with Crippen LogP contribution in [0.3, 0.4) is 0 Å². The van der Waals surface area contributed by atoms with Crippen LogP contribution in [0.25, 0.3) is 33.6 Å². The van der Waals surface area contributed by atoms with E-state index in [1.54, 1.807) is 19.2 Å². The van der Waals surface area contributed by atoms with Gasteiger partial charge in [0.25, 0.3) is 0 Å². The summed E-state index contributed by atoms with van der Waals surface area (Å²) in [6.45, 7) is 10.3. The number of ether oxygens (including phenoxy) is 2. The van der Waals surface area contributed by atoms with Crippen LogP contribution < -0.4 is 10.1 Å². The van der Waals surface area contributed by atoms with Crippen LogP contribution in [0.4, 0.5) is 0 Å². The molecule has 1 amide bonds. The van der Waals surface area contributed by atoms with Gasteiger partial charge in [0.1, 0.15) is 16.9 Å². The molecular formula is C33H41N5O4. The summed E-state index contributed by atoms with van der Waals surface area (Å²) in [5, 5.41) is 4.19. The minimum absolute atomic E-state index is 0.0581. The molecular weight excluding hydrogens is 530 g/mol. The zero-order chi connectivity index (χ0) is 30.0. The van der Waals surface area contributed by atoms with Gasteiger partial charge in [-0.25, -0.2) is 14.8 Å². The first kappa shape index (κ1) is 29.4. The van der Waals surface area contributed by atoms with Gasteiger partial charge in [0, 0.05) is 24.9 Å². The van der Waals surface area contributed by atoms with Gasteiger partial charge in [0.15, 0.2) is 5.82 Å². The second kappa shape index (κ2) is 12.4. The van der Waals surface area contributed by atoms with Gasteiger partial charge >= 0.3 is 5.97 Å². The monoisotopic (exact) mass is 571 g/mol. The number of aryl methyl sites for hydroxylation is 2. The number of aromatic nitrogens is 4. The molecule has 2 bridgehead atoms. The van der Waals surface area contributed by atoms with Crippen LogP contribution in [-0.2, 0) is 23.1 Å². The van der Waals surface area contributed by atoms with Crippen molar-refractivity contribution < 1.29 is 19.1 Å². The van der Waals surface area contributed by atoms with Gasteiger partial charge in [-0.05, 0) is 70.4 Å². The lowest BCUT2D eigenvalue weighted by molar-refractivity contribution is -0.125. The summed E-state index contributed by atoms with van der Waals surface area (Å²) >= 11 is 0. The third kappa shape index (κ3) is 5.78. The summed E-state index contributed by atoms with van der Waals surface area (Å²) in [6, 6.07) is 9.42. The molecule has 4 aromatic rings. The number of methoxy groups -OCH3 is 1. The SMILES string of the molecule is C=CC[C@H]1CCCCCCn2c(-c3nc4cc(C(=O)OC(C)C)cc(OC)c4n3C)cc3ccc(nc32)[C@@H](C)NC1=O. The molecule has 9 heteroatoms. The standard InChI is InChI=1S/C33H41N5O4/c1-7-12-22-13-10-8-9-11-16-38-27(18-23-14-15-25(35-30(23)38)21(4)34-32(22)39)31-36-26-17-24(33(40)42-20(2)3)19-28(41-6)29(26)37(31)5/h7,14-15,17-22H,1,8-13,16H2,2-6H3,(H,34,39)/t21-,22+/m1/s1. The molecule has 1 aliphatic rings. The Morgan fingerprint density at radius 3 is 2.69 bits per heavy atom. The Morgan fingerprint density at radius 2 is 1.95 bits per heavy atom. The molecule has 0 saturated carbocycles. The molecule has 0 aliphatic carbocycles. The van der Waals surface area contributed by atoms with Gasteiger partial charge in [0.05, 0.1) is 41.7 Å². The highest BCUT2D eigenvalue weighted by Crippen LogP contribution is 2.35. The number of pyridine rings is 1. The zero-order valence-electron chi connectivity index (χ0n) is 25.3. The number of hydrogen-bond acceptors (Lipinski definition) is 6. The summed E-state index contributed by atoms with van der Waals surface area (Å²) in [7, 11) is 3.55. The molecule has 3 aromatic heterocycles. The lowest BCUT2D eigenvalue weighted by Gasteiger charge is -2.20. The highest BCUT2D eigenvalue weighted by Gasteiger charge is 2.24. The number of amides is 1. The fourth-order valence-electron chi connectivity index (χ4n) is 5.87. The third-order valence-electron chi connectivity index (χ3n) is 8.04. The Kier molecular flexibility index (Phi) is 8.66. The molecule has 9 nitrogen and oxygen atoms in total. The minimum atomic E-state index is -0.409. The number of hydrogen-bond donors (Lipinski definition) is 1. The third-order valence-corrected chi connectivity index (χ3v) is 8.04. The number of nitrogens with one attached hydrogen (secondary N) is 1. The van der Waals surface area contributed by atoms with Crippen molar-refractivity contribution in [2.24, 2.45) is 13.0 Å². The fraction of sp³-hybridized carbons (Fsp3) is 0.455. The molecule has 0 saturated heterocycles. The number of nitrogens with zero attached hydrogens (tertiary/aromatic N) is 4. The Balaban J connectivity index is 1.61. The molecule has 1 aromatic carbocycles. The van der Waals surface area contributed by atoms with Gasteiger partial charge in [-0.1, -0.05) is 25.3 Å². The summed E-state index contributed by atoms with van der Waals surface area (Å²) in [5.41, 5.74) is 4.47. The van der Waals surface area contributed by atoms with E-state index in [9.17, 15) is 9.59 Å². The Labute approximate surface area is 246 Å². The molecule has 0 fully saturated rings. The van der Waals surface area contributed by atoms with Crippen molar-refractivity contribution in [2.45, 2.75) is 78.0 Å². The Hall–Kier alpha value is -4.14. The van der Waals surface area contributed by atoms with Crippen LogP contribution in [0, 0.1) is 5.92 Å². The summed E-state index contributed by atoms with van der Waals surface area (Å²) in [6.07, 6.45) is 7.24. The first-order chi connectivity index (χ1) is 20.2. The van der Waals surface area contributed by atoms with Crippen LogP contribution in [0.1, 0.15) is 81.4 Å². The van der Waals surface area contributed by atoms with Gasteiger partial charge in [0.2, 0.25) is 5.91 Å². The van der Waals surface area contributed by atoms with Crippen molar-refractivity contribution >= 4 is 33.9 Å². The van der Waals surface area contributed by atoms with Crippen LogP contribution >= 0.6 is 0 Å². The summed E-state index contributed by atoms with van der Waals surface area (Å²) < 4.78 is 15.4. The van der Waals surface area contributed by atoms with E-state index in [1.165, 1.54) is 0 Å². The van der Waals surface area contributed by atoms with Crippen LogP contribution in [-0.4, -0.2) is 44.2 Å². The molecule has 0 spiro atoms. The van der Waals surface area contributed by atoms with Crippen molar-refractivity contribution in [2.75, 3.05) is 7.11 Å². The van der Waals surface area contributed by atoms with Gasteiger partial charge < -0.3 is 23.9 Å². The van der Waals surface area contributed by atoms with E-state index >= 15 is 0 Å². The number of allylic oxidation sites excluding steroid dienone is 1. The maximum Gasteiger partial charge on any atom is 0.338 e. The van der Waals surface area contributed by atoms with Crippen molar-refractivity contribution in [3.8, 4) is 17.3 Å². The molecule has 5 rings (SSSR count). The highest BCUT2D eigenvalue weighted by molar-refractivity contribution is 5.97. The molecule has 222 valence electrons. The normalized spacial score (nSPS) is 18.3. The van der Waals surface area contributed by atoms with Gasteiger partial charge in [-0.3, -0.25) is 4.79 Å². The topological polar surface area (TPSA) is 100 Å². The highest BCUT2D eigenvalue weighted by atomic mass is 16.5. The fourth-order valence-corrected chi connectivity index (χ4v) is 5.87. The van der Waals surface area contributed by atoms with E-state index in [0.29, 0.717) is 23.3 Å². The van der Waals surface area contributed by atoms with E-state index in [-0.39, 0.29) is 24.0 Å². The maximum atomic E-state index is 13.1. The Bertz CT molecular complexity index is 1630. The van der Waals surface area contributed by atoms with Gasteiger partial charge in [-0.2, -0.15) is 0 Å². The van der Waals surface area contributed by atoms with Crippen molar-refractivity contribution in [1.29, 1.82) is 0 Å². The van der Waals surface area contributed by atoms with E-state index in [0.717, 1.165) is 72.4 Å². The van der Waals surface area contributed by atoms with Gasteiger partial charge in [-0.15, -0.1) is 6.58 Å². The smallest absolute Gasteiger partial charge is 0.338 e. The van der Waals surface area contributed by atoms with E-state index in [1.807, 2.05) is 44.5 Å². The number of carbonyl (C=O) groups is 2. The molecule has 4 heterocycles. The predicted molar refractivity (Wildman–Crippen MR) is 164 cm³/mol. The first-order valence-corrected chi connectivity index (χ1v) is 14.9. The first-order valence-electron chi connectivity index (χ1n) is 14.9. The van der Waals surface area contributed by atoms with Crippen LogP contribution in [0.2, 0.25) is 0 Å². The molecule has 0 radical (unpaired) electrons. The predicted octanol–water partition coefficient (Wildman–Crippen LogP) is 6.50. The molecule has 1 aliphatic heterocycles. The average molecular weight is 572 g/mol. The lowest BCUT2D eigenvalue weighted by Crippen LogP contribution is -2.33. The minimum Gasteiger partial charge on any atom is -0.494 e. The van der Waals surface area contributed by atoms with E-state index in [2.05, 4.69) is 28.6 Å². The van der Waals surface area contributed by atoms with Crippen LogP contribution in [0.5, 0.6) is 5.75 Å². The quantitative estimate of drug-likeness (QED) is 0.210. The summed E-state index contributed by atoms with van der Waals surface area (Å²) in [5.74, 6) is 0.902. The Morgan fingerprint density at radius 1 is 1.17 bits per heavy atom. The number of rotatable bonds is 6. The summed E-state index contributed by atoms with van der Waals surface area (Å²) in [4.78, 5) is 35.9. The largest absolute Gasteiger partial charge is 0.494 e. The molecule has 0 unspecified atom stereocenters. The number of esters is 1. The molecule has 42 heavy (non-hydrogen) atoms. The second-order valence-electron chi connectivity index (χ2n) is 11.5. The molecule has 1 N–H and O–H groups in total. The number of benzene rings is 1. The maximum absolute atomic E-state index is 13.1. The zero-order valence-corrected chi connectivity index (χ0v) is 25.3. The van der Waals surface area contributed by atoms with Crippen LogP contribution in [0.15, 0.2) is 43.0 Å². The van der Waals surface area contributed by atoms with Crippen molar-refractivity contribution in [3.05, 3.63) is 54.2 Å². The average Bonchev–Trinajstić information content (AvgIpc) is 3.49. The van der Waals surface area contributed by atoms with E-state index < -0.39 is 5.97 Å². The second-order valence-corrected chi connectivity index (χ2v) is 11.5.